The molecule has 1 aliphatic heterocycles. The van der Waals surface area contributed by atoms with Crippen molar-refractivity contribution in [3.63, 3.8) is 0 Å². The van der Waals surface area contributed by atoms with Gasteiger partial charge in [0.1, 0.15) is 5.75 Å². The zero-order valence-corrected chi connectivity index (χ0v) is 18.9. The van der Waals surface area contributed by atoms with Crippen LogP contribution in [-0.2, 0) is 22.6 Å². The van der Waals surface area contributed by atoms with Crippen LogP contribution < -0.4 is 4.74 Å². The van der Waals surface area contributed by atoms with Gasteiger partial charge in [-0.1, -0.05) is 12.1 Å². The monoisotopic (exact) mass is 431 g/mol. The molecule has 2 heterocycles. The summed E-state index contributed by atoms with van der Waals surface area (Å²) in [5.74, 6) is 0.874. The maximum absolute atomic E-state index is 10.7. The molecule has 7 nitrogen and oxygen atoms in total. The summed E-state index contributed by atoms with van der Waals surface area (Å²) < 4.78 is 18.3. The van der Waals surface area contributed by atoms with Gasteiger partial charge in [0.15, 0.2) is 0 Å². The molecule has 1 saturated heterocycles. The first-order valence-electron chi connectivity index (χ1n) is 11.1. The average molecular weight is 432 g/mol. The van der Waals surface area contributed by atoms with E-state index in [1.54, 1.807) is 14.2 Å². The van der Waals surface area contributed by atoms with Crippen molar-refractivity contribution in [3.05, 3.63) is 53.9 Å². The SMILES string of the molecule is COCCCN(Cc1cccn1Cc1cccc(OC)c1)C[C@@H](O)CN1CCOCC1. The Labute approximate surface area is 186 Å². The summed E-state index contributed by atoms with van der Waals surface area (Å²) in [6.07, 6.45) is 2.67. The maximum atomic E-state index is 10.7. The second-order valence-corrected chi connectivity index (χ2v) is 8.13. The molecule has 1 aromatic carbocycles. The molecule has 1 aliphatic rings. The molecule has 0 amide bonds. The lowest BCUT2D eigenvalue weighted by atomic mass is 10.2. The first-order chi connectivity index (χ1) is 15.2. The number of aromatic nitrogens is 1. The van der Waals surface area contributed by atoms with Crippen molar-refractivity contribution < 1.29 is 19.3 Å². The van der Waals surface area contributed by atoms with Crippen LogP contribution in [0.5, 0.6) is 5.75 Å². The minimum atomic E-state index is -0.387. The van der Waals surface area contributed by atoms with Gasteiger partial charge in [0.2, 0.25) is 0 Å². The highest BCUT2D eigenvalue weighted by atomic mass is 16.5. The summed E-state index contributed by atoms with van der Waals surface area (Å²) in [6, 6.07) is 12.4. The van der Waals surface area contributed by atoms with Gasteiger partial charge in [0, 0.05) is 71.4 Å². The summed E-state index contributed by atoms with van der Waals surface area (Å²) in [6.45, 7) is 7.82. The molecule has 0 bridgehead atoms. The second-order valence-electron chi connectivity index (χ2n) is 8.13. The zero-order valence-electron chi connectivity index (χ0n) is 18.9. The lowest BCUT2D eigenvalue weighted by Gasteiger charge is -2.31. The van der Waals surface area contributed by atoms with E-state index in [1.165, 1.54) is 11.3 Å². The Morgan fingerprint density at radius 3 is 2.77 bits per heavy atom. The van der Waals surface area contributed by atoms with Crippen molar-refractivity contribution in [1.82, 2.24) is 14.4 Å². The van der Waals surface area contributed by atoms with Crippen LogP contribution in [0.2, 0.25) is 0 Å². The molecule has 0 aliphatic carbocycles. The topological polar surface area (TPSA) is 59.3 Å². The normalized spacial score (nSPS) is 16.0. The van der Waals surface area contributed by atoms with E-state index in [2.05, 4.69) is 44.8 Å². The standard InChI is InChI=1S/C24H37N3O4/c1-29-13-5-9-26(20-23(28)19-25-11-14-31-15-12-25)18-22-7-4-10-27(22)17-21-6-3-8-24(16-21)30-2/h3-4,6-8,10,16,23,28H,5,9,11-15,17-20H2,1-2H3/t23-/m0/s1. The lowest BCUT2D eigenvalue weighted by Crippen LogP contribution is -2.44. The van der Waals surface area contributed by atoms with E-state index in [9.17, 15) is 5.11 Å². The maximum Gasteiger partial charge on any atom is 0.119 e. The van der Waals surface area contributed by atoms with Gasteiger partial charge in [-0.3, -0.25) is 9.80 Å². The average Bonchev–Trinajstić information content (AvgIpc) is 3.21. The zero-order chi connectivity index (χ0) is 21.9. The van der Waals surface area contributed by atoms with Crippen molar-refractivity contribution in [2.75, 3.05) is 66.8 Å². The number of hydrogen-bond donors (Lipinski definition) is 1. The number of benzene rings is 1. The molecule has 0 radical (unpaired) electrons. The smallest absolute Gasteiger partial charge is 0.119 e. The van der Waals surface area contributed by atoms with E-state index in [4.69, 9.17) is 14.2 Å². The summed E-state index contributed by atoms with van der Waals surface area (Å²) in [5.41, 5.74) is 2.44. The molecule has 2 aromatic rings. The molecule has 0 unspecified atom stereocenters. The minimum absolute atomic E-state index is 0.387. The first-order valence-corrected chi connectivity index (χ1v) is 11.1. The number of nitrogens with zero attached hydrogens (tertiary/aromatic N) is 3. The Morgan fingerprint density at radius 1 is 1.16 bits per heavy atom. The lowest BCUT2D eigenvalue weighted by molar-refractivity contribution is 0.00553. The fourth-order valence-corrected chi connectivity index (χ4v) is 4.05. The highest BCUT2D eigenvalue weighted by molar-refractivity contribution is 5.29. The summed E-state index contributed by atoms with van der Waals surface area (Å²) in [7, 11) is 3.43. The number of β-amino-alcohol motifs (C(OH)–C–C–N with tert-alkyl or cyclic N) is 1. The van der Waals surface area contributed by atoms with Crippen LogP contribution in [0.4, 0.5) is 0 Å². The van der Waals surface area contributed by atoms with Gasteiger partial charge in [0.05, 0.1) is 26.4 Å². The third-order valence-corrected chi connectivity index (χ3v) is 5.66. The van der Waals surface area contributed by atoms with Crippen LogP contribution in [0.1, 0.15) is 17.7 Å². The van der Waals surface area contributed by atoms with Crippen LogP contribution in [0.3, 0.4) is 0 Å². The van der Waals surface area contributed by atoms with Gasteiger partial charge in [-0.25, -0.2) is 0 Å². The number of rotatable bonds is 13. The third-order valence-electron chi connectivity index (χ3n) is 5.66. The van der Waals surface area contributed by atoms with Crippen LogP contribution >= 0.6 is 0 Å². The minimum Gasteiger partial charge on any atom is -0.497 e. The van der Waals surface area contributed by atoms with Crippen LogP contribution in [-0.4, -0.2) is 92.3 Å². The molecule has 7 heteroatoms. The van der Waals surface area contributed by atoms with Crippen molar-refractivity contribution in [3.8, 4) is 5.75 Å². The fourth-order valence-electron chi connectivity index (χ4n) is 4.05. The molecule has 1 N–H and O–H groups in total. The van der Waals surface area contributed by atoms with E-state index in [0.29, 0.717) is 13.1 Å². The number of methoxy groups -OCH3 is 2. The van der Waals surface area contributed by atoms with Gasteiger partial charge in [0.25, 0.3) is 0 Å². The molecule has 172 valence electrons. The molecular formula is C24H37N3O4. The number of aliphatic hydroxyl groups excluding tert-OH is 1. The molecule has 0 saturated carbocycles. The first kappa shape index (κ1) is 23.8. The highest BCUT2D eigenvalue weighted by Gasteiger charge is 2.18. The van der Waals surface area contributed by atoms with Crippen LogP contribution in [0, 0.1) is 0 Å². The van der Waals surface area contributed by atoms with E-state index in [1.807, 2.05) is 12.1 Å². The predicted molar refractivity (Wildman–Crippen MR) is 122 cm³/mol. The summed E-state index contributed by atoms with van der Waals surface area (Å²) in [4.78, 5) is 4.62. The molecule has 1 fully saturated rings. The van der Waals surface area contributed by atoms with Crippen molar-refractivity contribution in [1.29, 1.82) is 0 Å². The van der Waals surface area contributed by atoms with Gasteiger partial charge in [-0.05, 0) is 36.2 Å². The van der Waals surface area contributed by atoms with Gasteiger partial charge >= 0.3 is 0 Å². The Morgan fingerprint density at radius 2 is 2.00 bits per heavy atom. The quantitative estimate of drug-likeness (QED) is 0.490. The highest BCUT2D eigenvalue weighted by Crippen LogP contribution is 2.16. The van der Waals surface area contributed by atoms with Gasteiger partial charge < -0.3 is 23.9 Å². The molecule has 3 rings (SSSR count). The van der Waals surface area contributed by atoms with E-state index in [0.717, 1.165) is 64.7 Å². The van der Waals surface area contributed by atoms with Crippen molar-refractivity contribution in [2.24, 2.45) is 0 Å². The van der Waals surface area contributed by atoms with Gasteiger partial charge in [-0.15, -0.1) is 0 Å². The van der Waals surface area contributed by atoms with E-state index < -0.39 is 0 Å². The Kier molecular flexibility index (Phi) is 9.84. The molecular weight excluding hydrogens is 394 g/mol. The van der Waals surface area contributed by atoms with E-state index >= 15 is 0 Å². The van der Waals surface area contributed by atoms with Gasteiger partial charge in [-0.2, -0.15) is 0 Å². The Balaban J connectivity index is 1.61. The third kappa shape index (κ3) is 7.94. The summed E-state index contributed by atoms with van der Waals surface area (Å²) >= 11 is 0. The van der Waals surface area contributed by atoms with E-state index in [-0.39, 0.29) is 6.10 Å². The fraction of sp³-hybridized carbons (Fsp3) is 0.583. The van der Waals surface area contributed by atoms with Crippen molar-refractivity contribution >= 4 is 0 Å². The van der Waals surface area contributed by atoms with Crippen LogP contribution in [0.25, 0.3) is 0 Å². The largest absolute Gasteiger partial charge is 0.497 e. The van der Waals surface area contributed by atoms with Crippen molar-refractivity contribution in [2.45, 2.75) is 25.6 Å². The number of aliphatic hydroxyl groups is 1. The Bertz CT molecular complexity index is 761. The molecule has 1 aromatic heterocycles. The number of ether oxygens (including phenoxy) is 3. The van der Waals surface area contributed by atoms with Crippen LogP contribution in [0.15, 0.2) is 42.6 Å². The second kappa shape index (κ2) is 12.8. The number of morpholine rings is 1. The molecule has 0 spiro atoms. The molecule has 1 atom stereocenters. The summed E-state index contributed by atoms with van der Waals surface area (Å²) in [5, 5.41) is 10.7. The molecule has 31 heavy (non-hydrogen) atoms. The Hall–Kier alpha value is -1.90. The number of hydrogen-bond acceptors (Lipinski definition) is 6. The predicted octanol–water partition coefficient (Wildman–Crippen LogP) is 2.08.